The maximum Gasteiger partial charge on any atom is 0.240 e. The van der Waals surface area contributed by atoms with Crippen LogP contribution in [0.1, 0.15) is 45.4 Å². The minimum absolute atomic E-state index is 0.0121. The van der Waals surface area contributed by atoms with Gasteiger partial charge in [0.1, 0.15) is 11.1 Å². The Kier molecular flexibility index (Phi) is 6.60. The lowest BCUT2D eigenvalue weighted by Crippen LogP contribution is -2.28. The zero-order chi connectivity index (χ0) is 19.2. The molecule has 1 aromatic rings. The molecule has 3 rings (SSSR count). The van der Waals surface area contributed by atoms with Crippen LogP contribution >= 0.6 is 11.8 Å². The number of amidine groups is 1. The number of amides is 2. The van der Waals surface area contributed by atoms with Gasteiger partial charge in [-0.3, -0.25) is 9.59 Å². The number of carbonyl (C=O) groups excluding carboxylic acids is 2. The summed E-state index contributed by atoms with van der Waals surface area (Å²) in [5.41, 5.74) is 1.49. The van der Waals surface area contributed by atoms with Crippen molar-refractivity contribution in [1.29, 1.82) is 0 Å². The van der Waals surface area contributed by atoms with Gasteiger partial charge >= 0.3 is 0 Å². The zero-order valence-electron chi connectivity index (χ0n) is 15.2. The topological polar surface area (TPSA) is 82.9 Å². The van der Waals surface area contributed by atoms with E-state index in [1.165, 1.54) is 55.3 Å². The van der Waals surface area contributed by atoms with Crippen molar-refractivity contribution in [1.82, 2.24) is 5.32 Å². The quantitative estimate of drug-likeness (QED) is 0.594. The Hall–Kier alpha value is -2.22. The molecule has 1 atom stereocenters. The van der Waals surface area contributed by atoms with Gasteiger partial charge < -0.3 is 10.6 Å². The van der Waals surface area contributed by atoms with Gasteiger partial charge in [0.2, 0.25) is 11.8 Å². The minimum atomic E-state index is -0.547. The van der Waals surface area contributed by atoms with Crippen molar-refractivity contribution in [2.45, 2.75) is 50.7 Å². The maximum absolute atomic E-state index is 12.9. The van der Waals surface area contributed by atoms with Crippen LogP contribution < -0.4 is 10.6 Å². The fraction of sp³-hybridized carbons (Fsp3) is 0.474. The lowest BCUT2D eigenvalue weighted by atomic mass is 9.86. The summed E-state index contributed by atoms with van der Waals surface area (Å²) in [5.74, 6) is -0.456. The molecule has 0 unspecified atom stereocenters. The molecule has 0 radical (unpaired) electrons. The van der Waals surface area contributed by atoms with Gasteiger partial charge in [0, 0.05) is 17.8 Å². The molecule has 0 aromatic heterocycles. The maximum atomic E-state index is 12.9. The van der Waals surface area contributed by atoms with Crippen molar-refractivity contribution >= 4 is 40.1 Å². The van der Waals surface area contributed by atoms with Crippen LogP contribution in [0, 0.1) is 11.7 Å². The Morgan fingerprint density at radius 1 is 1.26 bits per heavy atom. The van der Waals surface area contributed by atoms with Crippen molar-refractivity contribution in [3.05, 3.63) is 30.1 Å². The molecule has 1 aromatic carbocycles. The molecule has 1 saturated carbocycles. The van der Waals surface area contributed by atoms with Gasteiger partial charge in [0.15, 0.2) is 5.17 Å². The van der Waals surface area contributed by atoms with Crippen molar-refractivity contribution in [3.63, 3.8) is 0 Å². The van der Waals surface area contributed by atoms with E-state index in [0.29, 0.717) is 16.8 Å². The van der Waals surface area contributed by atoms with Crippen molar-refractivity contribution in [3.8, 4) is 0 Å². The van der Waals surface area contributed by atoms with Crippen LogP contribution in [0.3, 0.4) is 0 Å². The first-order valence-electron chi connectivity index (χ1n) is 9.16. The molecule has 1 aliphatic heterocycles. The molecule has 1 saturated heterocycles. The molecule has 0 bridgehead atoms. The summed E-state index contributed by atoms with van der Waals surface area (Å²) in [6.45, 7) is 1.98. The lowest BCUT2D eigenvalue weighted by Gasteiger charge is -2.20. The van der Waals surface area contributed by atoms with Gasteiger partial charge in [-0.05, 0) is 49.9 Å². The largest absolute Gasteiger partial charge is 0.326 e. The smallest absolute Gasteiger partial charge is 0.240 e. The number of rotatable bonds is 5. The Morgan fingerprint density at radius 3 is 2.67 bits per heavy atom. The number of hydrogen-bond donors (Lipinski definition) is 2. The second-order valence-corrected chi connectivity index (χ2v) is 8.03. The summed E-state index contributed by atoms with van der Waals surface area (Å²) in [6, 6.07) is 5.49. The van der Waals surface area contributed by atoms with E-state index < -0.39 is 5.25 Å². The van der Waals surface area contributed by atoms with Gasteiger partial charge in [-0.2, -0.15) is 5.10 Å². The van der Waals surface area contributed by atoms with Crippen LogP contribution in [0.2, 0.25) is 0 Å². The van der Waals surface area contributed by atoms with Crippen molar-refractivity contribution in [2.24, 2.45) is 16.1 Å². The van der Waals surface area contributed by atoms with E-state index in [1.807, 2.05) is 6.92 Å². The molecule has 144 valence electrons. The van der Waals surface area contributed by atoms with E-state index >= 15 is 0 Å². The standard InChI is InChI=1S/C19H23FN4O2S/c1-12(13-5-3-2-4-6-13)23-24-19-22-18(26)16(27-19)11-17(25)21-15-9-7-14(20)8-10-15/h7-10,13,16H,2-6,11H2,1H3,(H,21,25)(H,22,24,26)/b23-12+/t16-/m1/s1. The highest BCUT2D eigenvalue weighted by Gasteiger charge is 2.32. The average molecular weight is 390 g/mol. The van der Waals surface area contributed by atoms with Crippen molar-refractivity contribution in [2.75, 3.05) is 5.32 Å². The number of nitrogens with one attached hydrogen (secondary N) is 2. The molecule has 2 aliphatic rings. The number of benzene rings is 1. The van der Waals surface area contributed by atoms with Crippen LogP contribution in [-0.4, -0.2) is 27.9 Å². The molecule has 2 amide bonds. The summed E-state index contributed by atoms with van der Waals surface area (Å²) in [5, 5.41) is 13.7. The number of carbonyl (C=O) groups is 2. The number of hydrogen-bond acceptors (Lipinski definition) is 5. The monoisotopic (exact) mass is 390 g/mol. The summed E-state index contributed by atoms with van der Waals surface area (Å²) >= 11 is 1.21. The third kappa shape index (κ3) is 5.63. The second-order valence-electron chi connectivity index (χ2n) is 6.84. The molecule has 2 fully saturated rings. The highest BCUT2D eigenvalue weighted by atomic mass is 32.2. The van der Waals surface area contributed by atoms with E-state index in [-0.39, 0.29) is 24.1 Å². The molecule has 1 aliphatic carbocycles. The molecular weight excluding hydrogens is 367 g/mol. The Balaban J connectivity index is 1.53. The predicted octanol–water partition coefficient (Wildman–Crippen LogP) is 3.70. The molecular formula is C19H23FN4O2S. The highest BCUT2D eigenvalue weighted by molar-refractivity contribution is 8.15. The van der Waals surface area contributed by atoms with E-state index in [9.17, 15) is 14.0 Å². The Morgan fingerprint density at radius 2 is 1.96 bits per heavy atom. The van der Waals surface area contributed by atoms with E-state index in [2.05, 4.69) is 20.8 Å². The van der Waals surface area contributed by atoms with Gasteiger partial charge in [0.05, 0.1) is 0 Å². The summed E-state index contributed by atoms with van der Waals surface area (Å²) in [7, 11) is 0. The SMILES string of the molecule is C/C(=N\N=C1/NC(=O)[C@@H](CC(=O)Nc2ccc(F)cc2)S1)C1CCCCC1. The second kappa shape index (κ2) is 9.12. The highest BCUT2D eigenvalue weighted by Crippen LogP contribution is 2.26. The average Bonchev–Trinajstić information content (AvgIpc) is 3.01. The van der Waals surface area contributed by atoms with E-state index in [4.69, 9.17) is 0 Å². The first-order valence-corrected chi connectivity index (χ1v) is 10.0. The Labute approximate surface area is 162 Å². The Bertz CT molecular complexity index is 757. The summed E-state index contributed by atoms with van der Waals surface area (Å²) in [4.78, 5) is 24.2. The van der Waals surface area contributed by atoms with Crippen LogP contribution in [0.15, 0.2) is 34.5 Å². The fourth-order valence-corrected chi connectivity index (χ4v) is 4.14. The number of nitrogens with zero attached hydrogens (tertiary/aromatic N) is 2. The number of anilines is 1. The zero-order valence-corrected chi connectivity index (χ0v) is 16.0. The fourth-order valence-electron chi connectivity index (χ4n) is 3.23. The molecule has 0 spiro atoms. The molecule has 1 heterocycles. The van der Waals surface area contributed by atoms with Gasteiger partial charge in [-0.15, -0.1) is 5.10 Å². The van der Waals surface area contributed by atoms with Gasteiger partial charge in [-0.25, -0.2) is 4.39 Å². The number of halogens is 1. The third-order valence-electron chi connectivity index (χ3n) is 4.77. The predicted molar refractivity (Wildman–Crippen MR) is 106 cm³/mol. The van der Waals surface area contributed by atoms with Crippen LogP contribution in [0.5, 0.6) is 0 Å². The first kappa shape index (κ1) is 19.5. The van der Waals surface area contributed by atoms with Gasteiger partial charge in [0.25, 0.3) is 0 Å². The van der Waals surface area contributed by atoms with Crippen LogP contribution in [0.4, 0.5) is 10.1 Å². The minimum Gasteiger partial charge on any atom is -0.326 e. The van der Waals surface area contributed by atoms with Crippen LogP contribution in [0.25, 0.3) is 0 Å². The third-order valence-corrected chi connectivity index (χ3v) is 5.84. The summed E-state index contributed by atoms with van der Waals surface area (Å²) in [6.07, 6.45) is 6.04. The normalized spacial score (nSPS) is 22.7. The van der Waals surface area contributed by atoms with Gasteiger partial charge in [-0.1, -0.05) is 31.0 Å². The van der Waals surface area contributed by atoms with Crippen molar-refractivity contribution < 1.29 is 14.0 Å². The molecule has 2 N–H and O–H groups in total. The number of thioether (sulfide) groups is 1. The first-order chi connectivity index (χ1) is 13.0. The van der Waals surface area contributed by atoms with E-state index in [1.54, 1.807) is 0 Å². The summed E-state index contributed by atoms with van der Waals surface area (Å²) < 4.78 is 12.9. The molecule has 27 heavy (non-hydrogen) atoms. The van der Waals surface area contributed by atoms with E-state index in [0.717, 1.165) is 18.6 Å². The van der Waals surface area contributed by atoms with Crippen LogP contribution in [-0.2, 0) is 9.59 Å². The molecule has 6 nitrogen and oxygen atoms in total. The molecule has 8 heteroatoms. The lowest BCUT2D eigenvalue weighted by molar-refractivity contribution is -0.122.